The van der Waals surface area contributed by atoms with Gasteiger partial charge >= 0.3 is 5.97 Å². The molecule has 1 aromatic rings. The monoisotopic (exact) mass is 276 g/mol. The van der Waals surface area contributed by atoms with Crippen molar-refractivity contribution >= 4 is 11.9 Å². The molecule has 0 atom stereocenters. The molecule has 5 heteroatoms. The highest BCUT2D eigenvalue weighted by molar-refractivity contribution is 5.88. The molecule has 1 heterocycles. The fourth-order valence-electron chi connectivity index (χ4n) is 2.48. The van der Waals surface area contributed by atoms with E-state index >= 15 is 0 Å². The average molecular weight is 276 g/mol. The fourth-order valence-corrected chi connectivity index (χ4v) is 2.48. The lowest BCUT2D eigenvalue weighted by atomic mass is 9.97. The summed E-state index contributed by atoms with van der Waals surface area (Å²) in [6.07, 6.45) is 2.98. The van der Waals surface area contributed by atoms with E-state index in [2.05, 4.69) is 0 Å². The minimum atomic E-state index is -0.931. The highest BCUT2D eigenvalue weighted by Gasteiger charge is 2.21. The predicted molar refractivity (Wildman–Crippen MR) is 75.4 cm³/mol. The standard InChI is InChI=1S/C15H20N2O3/c16-7-2-1-3-14(18)17-8-6-11-4-5-12(15(19)20)9-13(11)10-17/h4-5,9H,1-3,6-8,10,16H2,(H,19,20). The van der Waals surface area contributed by atoms with Gasteiger partial charge in [-0.1, -0.05) is 6.07 Å². The Morgan fingerprint density at radius 1 is 1.25 bits per heavy atom. The van der Waals surface area contributed by atoms with Gasteiger partial charge in [-0.3, -0.25) is 4.79 Å². The zero-order chi connectivity index (χ0) is 14.5. The highest BCUT2D eigenvalue weighted by Crippen LogP contribution is 2.21. The number of rotatable bonds is 5. The second-order valence-corrected chi connectivity index (χ2v) is 5.10. The van der Waals surface area contributed by atoms with Gasteiger partial charge in [-0.2, -0.15) is 0 Å². The van der Waals surface area contributed by atoms with Crippen molar-refractivity contribution in [1.29, 1.82) is 0 Å². The van der Waals surface area contributed by atoms with E-state index in [1.807, 2.05) is 11.0 Å². The van der Waals surface area contributed by atoms with Crippen LogP contribution in [-0.2, 0) is 17.8 Å². The van der Waals surface area contributed by atoms with Gasteiger partial charge in [0.25, 0.3) is 0 Å². The maximum Gasteiger partial charge on any atom is 0.335 e. The van der Waals surface area contributed by atoms with Crippen molar-refractivity contribution in [2.45, 2.75) is 32.2 Å². The molecule has 0 bridgehead atoms. The number of carboxylic acids is 1. The molecule has 1 amide bonds. The first-order valence-electron chi connectivity index (χ1n) is 6.94. The van der Waals surface area contributed by atoms with Gasteiger partial charge in [0.2, 0.25) is 5.91 Å². The van der Waals surface area contributed by atoms with Crippen molar-refractivity contribution in [3.63, 3.8) is 0 Å². The molecule has 0 radical (unpaired) electrons. The fraction of sp³-hybridized carbons (Fsp3) is 0.467. The summed E-state index contributed by atoms with van der Waals surface area (Å²) in [6.45, 7) is 1.83. The number of hydrogen-bond donors (Lipinski definition) is 2. The summed E-state index contributed by atoms with van der Waals surface area (Å²) in [7, 11) is 0. The first kappa shape index (κ1) is 14.5. The Morgan fingerprint density at radius 3 is 2.75 bits per heavy atom. The largest absolute Gasteiger partial charge is 0.478 e. The molecule has 0 aliphatic carbocycles. The Hall–Kier alpha value is -1.88. The van der Waals surface area contributed by atoms with Crippen molar-refractivity contribution in [3.8, 4) is 0 Å². The van der Waals surface area contributed by atoms with E-state index in [1.54, 1.807) is 12.1 Å². The third-order valence-electron chi connectivity index (χ3n) is 3.66. The second kappa shape index (κ2) is 6.52. The molecule has 108 valence electrons. The maximum absolute atomic E-state index is 12.1. The Kier molecular flexibility index (Phi) is 4.74. The van der Waals surface area contributed by atoms with E-state index in [9.17, 15) is 9.59 Å². The van der Waals surface area contributed by atoms with Crippen molar-refractivity contribution < 1.29 is 14.7 Å². The lowest BCUT2D eigenvalue weighted by Crippen LogP contribution is -2.36. The smallest absolute Gasteiger partial charge is 0.335 e. The number of amides is 1. The summed E-state index contributed by atoms with van der Waals surface area (Å²) in [6, 6.07) is 5.16. The van der Waals surface area contributed by atoms with Gasteiger partial charge < -0.3 is 15.7 Å². The van der Waals surface area contributed by atoms with Gasteiger partial charge in [-0.25, -0.2) is 4.79 Å². The number of hydrogen-bond acceptors (Lipinski definition) is 3. The number of unbranched alkanes of at least 4 members (excludes halogenated alkanes) is 1. The topological polar surface area (TPSA) is 83.6 Å². The zero-order valence-corrected chi connectivity index (χ0v) is 11.5. The third kappa shape index (κ3) is 3.36. The summed E-state index contributed by atoms with van der Waals surface area (Å²) in [5.41, 5.74) is 7.79. The van der Waals surface area contributed by atoms with Gasteiger partial charge in [0, 0.05) is 19.5 Å². The van der Waals surface area contributed by atoms with Crippen LogP contribution in [0.2, 0.25) is 0 Å². The van der Waals surface area contributed by atoms with Crippen LogP contribution in [-0.4, -0.2) is 35.0 Å². The van der Waals surface area contributed by atoms with Crippen LogP contribution in [0.25, 0.3) is 0 Å². The Morgan fingerprint density at radius 2 is 2.05 bits per heavy atom. The molecule has 0 fully saturated rings. The molecule has 5 nitrogen and oxygen atoms in total. The molecule has 0 saturated heterocycles. The maximum atomic E-state index is 12.1. The number of carboxylic acid groups (broad SMARTS) is 1. The van der Waals surface area contributed by atoms with E-state index in [0.717, 1.165) is 30.4 Å². The number of carbonyl (C=O) groups is 2. The molecule has 0 saturated carbocycles. The SMILES string of the molecule is NCCCCC(=O)N1CCc2ccc(C(=O)O)cc2C1. The molecule has 3 N–H and O–H groups in total. The van der Waals surface area contributed by atoms with Crippen LogP contribution in [0.4, 0.5) is 0 Å². The first-order valence-corrected chi connectivity index (χ1v) is 6.94. The Labute approximate surface area is 118 Å². The summed E-state index contributed by atoms with van der Waals surface area (Å²) in [5.74, 6) is -0.802. The quantitative estimate of drug-likeness (QED) is 0.796. The van der Waals surface area contributed by atoms with Crippen LogP contribution in [0.15, 0.2) is 18.2 Å². The zero-order valence-electron chi connectivity index (χ0n) is 11.5. The normalized spacial score (nSPS) is 13.9. The van der Waals surface area contributed by atoms with E-state index in [1.165, 1.54) is 0 Å². The minimum absolute atomic E-state index is 0.129. The van der Waals surface area contributed by atoms with Gasteiger partial charge in [-0.05, 0) is 49.1 Å². The molecule has 0 aromatic heterocycles. The van der Waals surface area contributed by atoms with Crippen molar-refractivity contribution in [2.75, 3.05) is 13.1 Å². The Balaban J connectivity index is 2.03. The average Bonchev–Trinajstić information content (AvgIpc) is 2.46. The molecule has 2 rings (SSSR count). The molecular weight excluding hydrogens is 256 g/mol. The number of aromatic carboxylic acids is 1. The summed E-state index contributed by atoms with van der Waals surface area (Å²) in [4.78, 5) is 24.9. The summed E-state index contributed by atoms with van der Waals surface area (Å²) < 4.78 is 0. The van der Waals surface area contributed by atoms with Crippen LogP contribution >= 0.6 is 0 Å². The van der Waals surface area contributed by atoms with E-state index < -0.39 is 5.97 Å². The van der Waals surface area contributed by atoms with Crippen LogP contribution in [0.5, 0.6) is 0 Å². The third-order valence-corrected chi connectivity index (χ3v) is 3.66. The van der Waals surface area contributed by atoms with Crippen LogP contribution < -0.4 is 5.73 Å². The van der Waals surface area contributed by atoms with Crippen LogP contribution in [0.3, 0.4) is 0 Å². The van der Waals surface area contributed by atoms with Crippen molar-refractivity contribution in [1.82, 2.24) is 4.90 Å². The van der Waals surface area contributed by atoms with Crippen LogP contribution in [0.1, 0.15) is 40.7 Å². The molecule has 1 aromatic carbocycles. The highest BCUT2D eigenvalue weighted by atomic mass is 16.4. The summed E-state index contributed by atoms with van der Waals surface area (Å²) in [5, 5.41) is 9.01. The summed E-state index contributed by atoms with van der Waals surface area (Å²) >= 11 is 0. The lowest BCUT2D eigenvalue weighted by molar-refractivity contribution is -0.132. The minimum Gasteiger partial charge on any atom is -0.478 e. The van der Waals surface area contributed by atoms with E-state index in [-0.39, 0.29) is 11.5 Å². The van der Waals surface area contributed by atoms with E-state index in [0.29, 0.717) is 26.1 Å². The van der Waals surface area contributed by atoms with E-state index in [4.69, 9.17) is 10.8 Å². The lowest BCUT2D eigenvalue weighted by Gasteiger charge is -2.29. The number of benzene rings is 1. The van der Waals surface area contributed by atoms with Gasteiger partial charge in [0.15, 0.2) is 0 Å². The second-order valence-electron chi connectivity index (χ2n) is 5.10. The molecule has 0 spiro atoms. The number of carbonyl (C=O) groups excluding carboxylic acids is 1. The molecule has 1 aliphatic heterocycles. The molecular formula is C15H20N2O3. The van der Waals surface area contributed by atoms with Gasteiger partial charge in [-0.15, -0.1) is 0 Å². The predicted octanol–water partition coefficient (Wildman–Crippen LogP) is 1.40. The van der Waals surface area contributed by atoms with Crippen molar-refractivity contribution in [2.24, 2.45) is 5.73 Å². The van der Waals surface area contributed by atoms with Gasteiger partial charge in [0.05, 0.1) is 5.56 Å². The van der Waals surface area contributed by atoms with Crippen LogP contribution in [0, 0.1) is 0 Å². The Bertz CT molecular complexity index is 514. The number of fused-ring (bicyclic) bond motifs is 1. The molecule has 1 aliphatic rings. The first-order chi connectivity index (χ1) is 9.61. The van der Waals surface area contributed by atoms with Crippen molar-refractivity contribution in [3.05, 3.63) is 34.9 Å². The van der Waals surface area contributed by atoms with Gasteiger partial charge in [0.1, 0.15) is 0 Å². The molecule has 0 unspecified atom stereocenters. The molecule has 20 heavy (non-hydrogen) atoms. The number of nitrogens with zero attached hydrogens (tertiary/aromatic N) is 1. The number of nitrogens with two attached hydrogens (primary N) is 1.